The van der Waals surface area contributed by atoms with E-state index in [1.54, 1.807) is 0 Å². The highest BCUT2D eigenvalue weighted by Gasteiger charge is 2.19. The van der Waals surface area contributed by atoms with E-state index in [9.17, 15) is 4.79 Å². The van der Waals surface area contributed by atoms with E-state index in [1.807, 2.05) is 36.1 Å². The number of hydrogen-bond donors (Lipinski definition) is 1. The van der Waals surface area contributed by atoms with E-state index >= 15 is 0 Å². The van der Waals surface area contributed by atoms with Gasteiger partial charge in [0.1, 0.15) is 5.75 Å². The standard InChI is InChI=1S/C15H23N3O2/c1-12(16)13-3-5-14(6-4-13)20-11-15(19)18-9-7-17(2)8-10-18/h3-6,12H,7-11,16H2,1-2H3/t12-/m0/s1. The van der Waals surface area contributed by atoms with Crippen molar-refractivity contribution in [3.63, 3.8) is 0 Å². The lowest BCUT2D eigenvalue weighted by Crippen LogP contribution is -2.48. The van der Waals surface area contributed by atoms with Gasteiger partial charge < -0.3 is 20.3 Å². The number of carbonyl (C=O) groups is 1. The molecule has 1 aromatic carbocycles. The van der Waals surface area contributed by atoms with E-state index in [0.717, 1.165) is 31.7 Å². The van der Waals surface area contributed by atoms with Crippen LogP contribution in [0.5, 0.6) is 5.75 Å². The van der Waals surface area contributed by atoms with Crippen molar-refractivity contribution < 1.29 is 9.53 Å². The Bertz CT molecular complexity index is 437. The van der Waals surface area contributed by atoms with E-state index in [0.29, 0.717) is 5.75 Å². The van der Waals surface area contributed by atoms with E-state index in [-0.39, 0.29) is 18.6 Å². The van der Waals surface area contributed by atoms with Crippen molar-refractivity contribution in [2.45, 2.75) is 13.0 Å². The lowest BCUT2D eigenvalue weighted by Gasteiger charge is -2.32. The summed E-state index contributed by atoms with van der Waals surface area (Å²) in [6.45, 7) is 5.45. The van der Waals surface area contributed by atoms with Gasteiger partial charge in [-0.25, -0.2) is 0 Å². The van der Waals surface area contributed by atoms with E-state index in [4.69, 9.17) is 10.5 Å². The minimum Gasteiger partial charge on any atom is -0.484 e. The van der Waals surface area contributed by atoms with Crippen LogP contribution >= 0.6 is 0 Å². The SMILES string of the molecule is C[C@H](N)c1ccc(OCC(=O)N2CCN(C)CC2)cc1. The molecule has 2 N–H and O–H groups in total. The number of nitrogens with two attached hydrogens (primary N) is 1. The van der Waals surface area contributed by atoms with Gasteiger partial charge in [-0.15, -0.1) is 0 Å². The second-order valence-electron chi connectivity index (χ2n) is 5.33. The van der Waals surface area contributed by atoms with E-state index in [1.165, 1.54) is 0 Å². The van der Waals surface area contributed by atoms with Crippen LogP contribution in [0.15, 0.2) is 24.3 Å². The summed E-state index contributed by atoms with van der Waals surface area (Å²) in [6.07, 6.45) is 0. The number of rotatable bonds is 4. The van der Waals surface area contributed by atoms with Crippen molar-refractivity contribution >= 4 is 5.91 Å². The van der Waals surface area contributed by atoms with Crippen LogP contribution in [-0.4, -0.2) is 55.5 Å². The highest BCUT2D eigenvalue weighted by Crippen LogP contribution is 2.16. The van der Waals surface area contributed by atoms with Crippen LogP contribution in [0.3, 0.4) is 0 Å². The van der Waals surface area contributed by atoms with Crippen molar-refractivity contribution in [2.24, 2.45) is 5.73 Å². The monoisotopic (exact) mass is 277 g/mol. The smallest absolute Gasteiger partial charge is 0.260 e. The number of hydrogen-bond acceptors (Lipinski definition) is 4. The Kier molecular flexibility index (Phi) is 4.98. The highest BCUT2D eigenvalue weighted by atomic mass is 16.5. The van der Waals surface area contributed by atoms with Crippen LogP contribution < -0.4 is 10.5 Å². The van der Waals surface area contributed by atoms with Crippen molar-refractivity contribution in [2.75, 3.05) is 39.8 Å². The van der Waals surface area contributed by atoms with Gasteiger partial charge in [0.25, 0.3) is 5.91 Å². The van der Waals surface area contributed by atoms with Gasteiger partial charge >= 0.3 is 0 Å². The Labute approximate surface area is 120 Å². The molecule has 0 spiro atoms. The topological polar surface area (TPSA) is 58.8 Å². The van der Waals surface area contributed by atoms with Crippen LogP contribution in [0.25, 0.3) is 0 Å². The molecule has 2 rings (SSSR count). The molecule has 1 atom stereocenters. The molecule has 1 aliphatic rings. The molecule has 1 aromatic rings. The highest BCUT2D eigenvalue weighted by molar-refractivity contribution is 5.77. The molecule has 1 heterocycles. The summed E-state index contributed by atoms with van der Waals surface area (Å²) in [5.74, 6) is 0.756. The first-order valence-corrected chi connectivity index (χ1v) is 7.01. The molecule has 1 saturated heterocycles. The average Bonchev–Trinajstić information content (AvgIpc) is 2.46. The quantitative estimate of drug-likeness (QED) is 0.887. The fourth-order valence-corrected chi connectivity index (χ4v) is 2.16. The second kappa shape index (κ2) is 6.72. The molecule has 0 aliphatic carbocycles. The predicted molar refractivity (Wildman–Crippen MR) is 78.6 cm³/mol. The molecule has 1 aliphatic heterocycles. The summed E-state index contributed by atoms with van der Waals surface area (Å²) < 4.78 is 5.54. The fraction of sp³-hybridized carbons (Fsp3) is 0.533. The Morgan fingerprint density at radius 2 is 1.85 bits per heavy atom. The van der Waals surface area contributed by atoms with Gasteiger partial charge in [-0.05, 0) is 31.7 Å². The maximum atomic E-state index is 12.0. The normalized spacial score (nSPS) is 17.9. The number of ether oxygens (including phenoxy) is 1. The van der Waals surface area contributed by atoms with Crippen molar-refractivity contribution in [3.8, 4) is 5.75 Å². The number of amides is 1. The summed E-state index contributed by atoms with van der Waals surface area (Å²) in [7, 11) is 2.07. The van der Waals surface area contributed by atoms with Crippen LogP contribution in [0.4, 0.5) is 0 Å². The van der Waals surface area contributed by atoms with Gasteiger partial charge in [0, 0.05) is 32.2 Å². The number of benzene rings is 1. The molecule has 0 unspecified atom stereocenters. The lowest BCUT2D eigenvalue weighted by molar-refractivity contribution is -0.134. The van der Waals surface area contributed by atoms with Crippen molar-refractivity contribution in [1.82, 2.24) is 9.80 Å². The first-order valence-electron chi connectivity index (χ1n) is 7.01. The molecule has 5 nitrogen and oxygen atoms in total. The van der Waals surface area contributed by atoms with E-state index < -0.39 is 0 Å². The molecule has 0 aromatic heterocycles. The molecule has 1 amide bonds. The van der Waals surface area contributed by atoms with Gasteiger partial charge in [0.15, 0.2) is 6.61 Å². The maximum Gasteiger partial charge on any atom is 0.260 e. The van der Waals surface area contributed by atoms with Crippen LogP contribution in [-0.2, 0) is 4.79 Å². The third-order valence-corrected chi connectivity index (χ3v) is 3.62. The third kappa shape index (κ3) is 3.95. The number of nitrogens with zero attached hydrogens (tertiary/aromatic N) is 2. The minimum atomic E-state index is 0.0102. The van der Waals surface area contributed by atoms with Crippen LogP contribution in [0.2, 0.25) is 0 Å². The second-order valence-corrected chi connectivity index (χ2v) is 5.33. The van der Waals surface area contributed by atoms with Crippen molar-refractivity contribution in [3.05, 3.63) is 29.8 Å². The molecule has 110 valence electrons. The van der Waals surface area contributed by atoms with Gasteiger partial charge in [0.2, 0.25) is 0 Å². The largest absolute Gasteiger partial charge is 0.484 e. The third-order valence-electron chi connectivity index (χ3n) is 3.62. The molecule has 20 heavy (non-hydrogen) atoms. The average molecular weight is 277 g/mol. The Balaban J connectivity index is 1.81. The Morgan fingerprint density at radius 3 is 2.40 bits per heavy atom. The molecule has 0 saturated carbocycles. The Hall–Kier alpha value is -1.59. The van der Waals surface area contributed by atoms with Crippen LogP contribution in [0, 0.1) is 0 Å². The maximum absolute atomic E-state index is 12.0. The molecule has 0 radical (unpaired) electrons. The first kappa shape index (κ1) is 14.8. The van der Waals surface area contributed by atoms with Gasteiger partial charge in [-0.3, -0.25) is 4.79 Å². The predicted octanol–water partition coefficient (Wildman–Crippen LogP) is 0.859. The summed E-state index contributed by atoms with van der Waals surface area (Å²) in [5.41, 5.74) is 6.85. The summed E-state index contributed by atoms with van der Waals surface area (Å²) in [4.78, 5) is 16.1. The van der Waals surface area contributed by atoms with Gasteiger partial charge in [-0.2, -0.15) is 0 Å². The number of likely N-dealkylation sites (N-methyl/N-ethyl adjacent to an activating group) is 1. The summed E-state index contributed by atoms with van der Waals surface area (Å²) >= 11 is 0. The molecule has 0 bridgehead atoms. The first-order chi connectivity index (χ1) is 9.56. The number of piperazine rings is 1. The minimum absolute atomic E-state index is 0.0102. The molecule has 1 fully saturated rings. The molecular weight excluding hydrogens is 254 g/mol. The fourth-order valence-electron chi connectivity index (χ4n) is 2.16. The van der Waals surface area contributed by atoms with E-state index in [2.05, 4.69) is 11.9 Å². The Morgan fingerprint density at radius 1 is 1.25 bits per heavy atom. The zero-order chi connectivity index (χ0) is 14.5. The summed E-state index contributed by atoms with van der Waals surface area (Å²) in [6, 6.07) is 7.59. The summed E-state index contributed by atoms with van der Waals surface area (Å²) in [5, 5.41) is 0. The van der Waals surface area contributed by atoms with Crippen LogP contribution in [0.1, 0.15) is 18.5 Å². The van der Waals surface area contributed by atoms with Gasteiger partial charge in [-0.1, -0.05) is 12.1 Å². The zero-order valence-corrected chi connectivity index (χ0v) is 12.2. The zero-order valence-electron chi connectivity index (χ0n) is 12.2. The molecule has 5 heteroatoms. The lowest BCUT2D eigenvalue weighted by atomic mass is 10.1. The molecular formula is C15H23N3O2. The van der Waals surface area contributed by atoms with Gasteiger partial charge in [0.05, 0.1) is 0 Å². The van der Waals surface area contributed by atoms with Crippen molar-refractivity contribution in [1.29, 1.82) is 0 Å². The number of carbonyl (C=O) groups excluding carboxylic acids is 1.